The zero-order valence-electron chi connectivity index (χ0n) is 16.6. The minimum Gasteiger partial charge on any atom is -0.491 e. The van der Waals surface area contributed by atoms with Gasteiger partial charge in [0.25, 0.3) is 0 Å². The first-order chi connectivity index (χ1) is 14.8. The van der Waals surface area contributed by atoms with Gasteiger partial charge >= 0.3 is 0 Å². The van der Waals surface area contributed by atoms with E-state index in [-0.39, 0.29) is 24.8 Å². The average Bonchev–Trinajstić information content (AvgIpc) is 3.24. The maximum Gasteiger partial charge on any atom is 0.243 e. The van der Waals surface area contributed by atoms with Crippen LogP contribution in [0.2, 0.25) is 0 Å². The van der Waals surface area contributed by atoms with E-state index in [2.05, 4.69) is 5.32 Å². The zero-order chi connectivity index (χ0) is 22.4. The van der Waals surface area contributed by atoms with Crippen LogP contribution in [-0.4, -0.2) is 63.4 Å². The second kappa shape index (κ2) is 9.65. The third kappa shape index (κ3) is 5.64. The Morgan fingerprint density at radius 1 is 1.26 bits per heavy atom. The predicted molar refractivity (Wildman–Crippen MR) is 108 cm³/mol. The number of rotatable bonds is 9. The molecule has 3 rings (SSSR count). The van der Waals surface area contributed by atoms with Crippen LogP contribution in [0.25, 0.3) is 0 Å². The van der Waals surface area contributed by atoms with Gasteiger partial charge in [0, 0.05) is 19.7 Å². The van der Waals surface area contributed by atoms with Crippen molar-refractivity contribution in [3.63, 3.8) is 0 Å². The van der Waals surface area contributed by atoms with Crippen LogP contribution < -0.4 is 19.5 Å². The normalized spacial score (nSPS) is 13.5. The molecular formula is C20H21N3O7S. The Bertz CT molecular complexity index is 1080. The van der Waals surface area contributed by atoms with Crippen molar-refractivity contribution < 1.29 is 32.5 Å². The molecule has 2 N–H and O–H groups in total. The Morgan fingerprint density at radius 3 is 2.68 bits per heavy atom. The van der Waals surface area contributed by atoms with Gasteiger partial charge < -0.3 is 24.6 Å². The van der Waals surface area contributed by atoms with Gasteiger partial charge in [0.2, 0.25) is 22.7 Å². The summed E-state index contributed by atoms with van der Waals surface area (Å²) in [5.74, 6) is 1.05. The maximum absolute atomic E-state index is 12.5. The summed E-state index contributed by atoms with van der Waals surface area (Å²) >= 11 is 0. The quantitative estimate of drug-likeness (QED) is 0.566. The predicted octanol–water partition coefficient (Wildman–Crippen LogP) is 0.464. The van der Waals surface area contributed by atoms with E-state index in [9.17, 15) is 18.3 Å². The highest BCUT2D eigenvalue weighted by molar-refractivity contribution is 7.89. The molecule has 1 atom stereocenters. The molecule has 0 bridgehead atoms. The van der Waals surface area contributed by atoms with Crippen molar-refractivity contribution in [1.82, 2.24) is 9.62 Å². The van der Waals surface area contributed by atoms with Crippen molar-refractivity contribution in [3.8, 4) is 23.3 Å². The number of nitrogens with zero attached hydrogens (tertiary/aromatic N) is 2. The molecule has 0 saturated heterocycles. The summed E-state index contributed by atoms with van der Waals surface area (Å²) in [5, 5.41) is 21.3. The molecule has 1 amide bonds. The Morgan fingerprint density at radius 2 is 1.97 bits per heavy atom. The number of ether oxygens (including phenoxy) is 3. The van der Waals surface area contributed by atoms with Crippen molar-refractivity contribution in [3.05, 3.63) is 48.0 Å². The molecule has 0 radical (unpaired) electrons. The lowest BCUT2D eigenvalue weighted by Gasteiger charge is -2.18. The number of hydrogen-bond acceptors (Lipinski definition) is 8. The van der Waals surface area contributed by atoms with Crippen LogP contribution in [0, 0.1) is 11.3 Å². The first-order valence-corrected chi connectivity index (χ1v) is 10.7. The standard InChI is InChI=1S/C20H21N3O7S/c1-23(31(26,27)17-5-2-14(9-21)3-6-17)11-20(25)22-10-15(24)12-28-16-4-7-18-19(8-16)30-13-29-18/h2-8,15,24H,10-13H2,1H3,(H,22,25). The highest BCUT2D eigenvalue weighted by atomic mass is 32.2. The molecule has 10 nitrogen and oxygen atoms in total. The molecule has 0 spiro atoms. The number of likely N-dealkylation sites (N-methyl/N-ethyl adjacent to an activating group) is 1. The fourth-order valence-corrected chi connectivity index (χ4v) is 3.80. The molecule has 1 aliphatic heterocycles. The van der Waals surface area contributed by atoms with Crippen molar-refractivity contribution in [2.45, 2.75) is 11.0 Å². The molecule has 11 heteroatoms. The van der Waals surface area contributed by atoms with Crippen molar-refractivity contribution in [2.24, 2.45) is 0 Å². The SMILES string of the molecule is CN(CC(=O)NCC(O)COc1ccc2c(c1)OCO2)S(=O)(=O)c1ccc(C#N)cc1. The van der Waals surface area contributed by atoms with E-state index in [1.54, 1.807) is 18.2 Å². The van der Waals surface area contributed by atoms with Crippen molar-refractivity contribution in [2.75, 3.05) is 33.5 Å². The zero-order valence-corrected chi connectivity index (χ0v) is 17.5. The molecule has 2 aromatic carbocycles. The molecule has 1 aliphatic rings. The second-order valence-electron chi connectivity index (χ2n) is 6.68. The van der Waals surface area contributed by atoms with E-state index in [1.165, 1.54) is 31.3 Å². The van der Waals surface area contributed by atoms with Gasteiger partial charge in [-0.2, -0.15) is 9.57 Å². The summed E-state index contributed by atoms with van der Waals surface area (Å²) in [4.78, 5) is 12.1. The number of aliphatic hydroxyl groups excluding tert-OH is 1. The molecule has 31 heavy (non-hydrogen) atoms. The minimum atomic E-state index is -3.90. The number of fused-ring (bicyclic) bond motifs is 1. The summed E-state index contributed by atoms with van der Waals surface area (Å²) in [5.41, 5.74) is 0.330. The molecule has 0 fully saturated rings. The first-order valence-electron chi connectivity index (χ1n) is 9.23. The molecule has 0 aliphatic carbocycles. The van der Waals surface area contributed by atoms with Gasteiger partial charge in [0.1, 0.15) is 18.5 Å². The van der Waals surface area contributed by atoms with Crippen molar-refractivity contribution >= 4 is 15.9 Å². The summed E-state index contributed by atoms with van der Waals surface area (Å²) in [7, 11) is -2.62. The summed E-state index contributed by atoms with van der Waals surface area (Å²) in [6, 6.07) is 12.3. The number of aliphatic hydroxyl groups is 1. The van der Waals surface area contributed by atoms with Gasteiger partial charge in [-0.1, -0.05) is 0 Å². The van der Waals surface area contributed by atoms with Gasteiger partial charge in [0.15, 0.2) is 11.5 Å². The van der Waals surface area contributed by atoms with Crippen LogP contribution in [0.3, 0.4) is 0 Å². The van der Waals surface area contributed by atoms with Crippen LogP contribution in [0.4, 0.5) is 0 Å². The van der Waals surface area contributed by atoms with Gasteiger partial charge in [-0.05, 0) is 36.4 Å². The fraction of sp³-hybridized carbons (Fsp3) is 0.300. The lowest BCUT2D eigenvalue weighted by molar-refractivity contribution is -0.121. The van der Waals surface area contributed by atoms with Crippen molar-refractivity contribution in [1.29, 1.82) is 5.26 Å². The van der Waals surface area contributed by atoms with E-state index in [0.29, 0.717) is 22.8 Å². The molecule has 1 heterocycles. The smallest absolute Gasteiger partial charge is 0.243 e. The number of carbonyl (C=O) groups excluding carboxylic acids is 1. The van der Waals surface area contributed by atoms with Crippen LogP contribution in [0.1, 0.15) is 5.56 Å². The van der Waals surface area contributed by atoms with E-state index in [1.807, 2.05) is 6.07 Å². The highest BCUT2D eigenvalue weighted by Gasteiger charge is 2.23. The number of nitriles is 1. The second-order valence-corrected chi connectivity index (χ2v) is 8.73. The molecule has 1 unspecified atom stereocenters. The van der Waals surface area contributed by atoms with Crippen LogP contribution >= 0.6 is 0 Å². The number of carbonyl (C=O) groups is 1. The monoisotopic (exact) mass is 447 g/mol. The fourth-order valence-electron chi connectivity index (χ4n) is 2.67. The van der Waals surface area contributed by atoms with E-state index >= 15 is 0 Å². The highest BCUT2D eigenvalue weighted by Crippen LogP contribution is 2.35. The van der Waals surface area contributed by atoms with Crippen LogP contribution in [-0.2, 0) is 14.8 Å². The number of benzene rings is 2. The minimum absolute atomic E-state index is 0.0287. The number of sulfonamides is 1. The molecule has 164 valence electrons. The van der Waals surface area contributed by atoms with Gasteiger partial charge in [-0.15, -0.1) is 0 Å². The van der Waals surface area contributed by atoms with E-state index < -0.39 is 28.6 Å². The Labute approximate surface area is 179 Å². The first kappa shape index (κ1) is 22.4. The lowest BCUT2D eigenvalue weighted by Crippen LogP contribution is -2.42. The Kier molecular flexibility index (Phi) is 6.96. The molecule has 2 aromatic rings. The lowest BCUT2D eigenvalue weighted by atomic mass is 10.2. The third-order valence-electron chi connectivity index (χ3n) is 4.38. The molecule has 0 aromatic heterocycles. The molecule has 0 saturated carbocycles. The summed E-state index contributed by atoms with van der Waals surface area (Å²) in [6.07, 6.45) is -1.00. The summed E-state index contributed by atoms with van der Waals surface area (Å²) in [6.45, 7) is -0.492. The Hall–Kier alpha value is -3.33. The number of hydrogen-bond donors (Lipinski definition) is 2. The van der Waals surface area contributed by atoms with E-state index in [4.69, 9.17) is 19.5 Å². The number of nitrogens with one attached hydrogen (secondary N) is 1. The van der Waals surface area contributed by atoms with Crippen LogP contribution in [0.5, 0.6) is 17.2 Å². The largest absolute Gasteiger partial charge is 0.491 e. The average molecular weight is 447 g/mol. The van der Waals surface area contributed by atoms with Crippen LogP contribution in [0.15, 0.2) is 47.4 Å². The van der Waals surface area contributed by atoms with Gasteiger partial charge in [0.05, 0.1) is 23.1 Å². The molecular weight excluding hydrogens is 426 g/mol. The van der Waals surface area contributed by atoms with Gasteiger partial charge in [-0.25, -0.2) is 8.42 Å². The maximum atomic E-state index is 12.5. The van der Waals surface area contributed by atoms with E-state index in [0.717, 1.165) is 4.31 Å². The summed E-state index contributed by atoms with van der Waals surface area (Å²) < 4.78 is 41.8. The third-order valence-corrected chi connectivity index (χ3v) is 6.20. The van der Waals surface area contributed by atoms with Gasteiger partial charge in [-0.3, -0.25) is 4.79 Å². The Balaban J connectivity index is 1.44. The number of amides is 1. The topological polar surface area (TPSA) is 138 Å².